The van der Waals surface area contributed by atoms with Crippen LogP contribution in [0.25, 0.3) is 0 Å². The maximum atomic E-state index is 11.9. The topological polar surface area (TPSA) is 49.4 Å². The Labute approximate surface area is 113 Å². The predicted molar refractivity (Wildman–Crippen MR) is 75.5 cm³/mol. The lowest BCUT2D eigenvalue weighted by molar-refractivity contribution is 0.0827. The van der Waals surface area contributed by atoms with E-state index in [-0.39, 0.29) is 18.2 Å². The van der Waals surface area contributed by atoms with Gasteiger partial charge in [-0.2, -0.15) is 12.6 Å². The third kappa shape index (κ3) is 4.16. The Bertz CT molecular complexity index is 433. The van der Waals surface area contributed by atoms with Crippen LogP contribution in [0.3, 0.4) is 0 Å². The molecular formula is C13H18N2O2S. The normalized spacial score (nSPS) is 10.2. The highest BCUT2D eigenvalue weighted by Crippen LogP contribution is 2.07. The van der Waals surface area contributed by atoms with Crippen LogP contribution in [0.4, 0.5) is 0 Å². The summed E-state index contributed by atoms with van der Waals surface area (Å²) in [5, 5.41) is 2.98. The maximum Gasteiger partial charge on any atom is 0.253 e. The number of carbonyl (C=O) groups excluding carboxylic acids is 2. The molecule has 1 aromatic rings. The number of ketones is 1. The van der Waals surface area contributed by atoms with Gasteiger partial charge < -0.3 is 10.2 Å². The van der Waals surface area contributed by atoms with Gasteiger partial charge in [-0.1, -0.05) is 12.1 Å². The first kappa shape index (κ1) is 14.7. The number of carbonyl (C=O) groups is 2. The van der Waals surface area contributed by atoms with Gasteiger partial charge in [-0.05, 0) is 12.1 Å². The highest BCUT2D eigenvalue weighted by molar-refractivity contribution is 7.80. The lowest BCUT2D eigenvalue weighted by atomic mass is 10.1. The van der Waals surface area contributed by atoms with Gasteiger partial charge in [0.2, 0.25) is 0 Å². The molecule has 0 saturated heterocycles. The van der Waals surface area contributed by atoms with E-state index in [0.717, 1.165) is 0 Å². The first-order valence-electron chi connectivity index (χ1n) is 5.72. The number of nitrogens with one attached hydrogen (secondary N) is 1. The fraction of sp³-hybridized carbons (Fsp3) is 0.385. The minimum absolute atomic E-state index is 0.0230. The maximum absolute atomic E-state index is 11.9. The molecule has 0 bridgehead atoms. The largest absolute Gasteiger partial charge is 0.345 e. The van der Waals surface area contributed by atoms with Crippen LogP contribution in [0.5, 0.6) is 0 Å². The minimum atomic E-state index is -0.104. The van der Waals surface area contributed by atoms with Crippen LogP contribution in [0.1, 0.15) is 20.7 Å². The molecule has 0 radical (unpaired) electrons. The standard InChI is InChI=1S/C13H18N2O2S/c1-15(2)13(17)11-5-3-4-10(8-11)12(16)9-14-6-7-18/h3-5,8,14,18H,6-7,9H2,1-2H3. The summed E-state index contributed by atoms with van der Waals surface area (Å²) in [5.41, 5.74) is 1.08. The molecule has 1 N–H and O–H groups in total. The summed E-state index contributed by atoms with van der Waals surface area (Å²) in [5.74, 6) is 0.560. The smallest absolute Gasteiger partial charge is 0.253 e. The number of hydrogen-bond donors (Lipinski definition) is 2. The van der Waals surface area contributed by atoms with Crippen molar-refractivity contribution in [3.63, 3.8) is 0 Å². The van der Waals surface area contributed by atoms with Gasteiger partial charge in [-0.25, -0.2) is 0 Å². The van der Waals surface area contributed by atoms with E-state index < -0.39 is 0 Å². The van der Waals surface area contributed by atoms with Crippen LogP contribution >= 0.6 is 12.6 Å². The molecule has 5 heteroatoms. The highest BCUT2D eigenvalue weighted by Gasteiger charge is 2.11. The molecule has 0 spiro atoms. The van der Waals surface area contributed by atoms with Gasteiger partial charge in [-0.15, -0.1) is 0 Å². The first-order chi connectivity index (χ1) is 8.56. The van der Waals surface area contributed by atoms with Crippen molar-refractivity contribution >= 4 is 24.3 Å². The second kappa shape index (κ2) is 7.18. The summed E-state index contributed by atoms with van der Waals surface area (Å²) in [6.07, 6.45) is 0. The lowest BCUT2D eigenvalue weighted by Gasteiger charge is -2.11. The van der Waals surface area contributed by atoms with Crippen molar-refractivity contribution < 1.29 is 9.59 Å². The van der Waals surface area contributed by atoms with E-state index >= 15 is 0 Å². The molecule has 0 fully saturated rings. The van der Waals surface area contributed by atoms with Crippen LogP contribution < -0.4 is 5.32 Å². The Morgan fingerprint density at radius 3 is 2.56 bits per heavy atom. The average molecular weight is 266 g/mol. The van der Waals surface area contributed by atoms with Crippen molar-refractivity contribution in [2.45, 2.75) is 0 Å². The Morgan fingerprint density at radius 2 is 1.94 bits per heavy atom. The summed E-state index contributed by atoms with van der Waals surface area (Å²) in [6, 6.07) is 6.78. The zero-order chi connectivity index (χ0) is 13.5. The fourth-order valence-electron chi connectivity index (χ4n) is 1.47. The molecule has 0 aliphatic heterocycles. The summed E-state index contributed by atoms with van der Waals surface area (Å²) in [4.78, 5) is 25.1. The molecular weight excluding hydrogens is 248 g/mol. The third-order valence-corrected chi connectivity index (χ3v) is 2.64. The Balaban J connectivity index is 2.75. The highest BCUT2D eigenvalue weighted by atomic mass is 32.1. The van der Waals surface area contributed by atoms with Crippen LogP contribution in [-0.2, 0) is 0 Å². The van der Waals surface area contributed by atoms with Gasteiger partial charge >= 0.3 is 0 Å². The van der Waals surface area contributed by atoms with E-state index in [1.807, 2.05) is 0 Å². The monoisotopic (exact) mass is 266 g/mol. The predicted octanol–water partition coefficient (Wildman–Crippen LogP) is 1.09. The number of hydrogen-bond acceptors (Lipinski definition) is 4. The van der Waals surface area contributed by atoms with Crippen molar-refractivity contribution in [1.82, 2.24) is 10.2 Å². The van der Waals surface area contributed by atoms with Gasteiger partial charge in [0.15, 0.2) is 5.78 Å². The van der Waals surface area contributed by atoms with Crippen LogP contribution in [0.2, 0.25) is 0 Å². The zero-order valence-electron chi connectivity index (χ0n) is 10.6. The molecule has 0 aliphatic carbocycles. The number of Topliss-reactive ketones (excluding diaryl/α,β-unsaturated/α-hetero) is 1. The zero-order valence-corrected chi connectivity index (χ0v) is 11.5. The number of benzene rings is 1. The van der Waals surface area contributed by atoms with Gasteiger partial charge in [0.05, 0.1) is 6.54 Å². The molecule has 4 nitrogen and oxygen atoms in total. The Kier molecular flexibility index (Phi) is 5.88. The molecule has 0 aromatic heterocycles. The molecule has 0 unspecified atom stereocenters. The van der Waals surface area contributed by atoms with E-state index in [2.05, 4.69) is 17.9 Å². The number of rotatable bonds is 6. The second-order valence-electron chi connectivity index (χ2n) is 4.10. The summed E-state index contributed by atoms with van der Waals surface area (Å²) >= 11 is 4.05. The van der Waals surface area contributed by atoms with E-state index in [1.165, 1.54) is 4.90 Å². The molecule has 0 heterocycles. The van der Waals surface area contributed by atoms with Crippen LogP contribution in [0.15, 0.2) is 24.3 Å². The number of nitrogens with zero attached hydrogens (tertiary/aromatic N) is 1. The molecule has 0 aliphatic rings. The van der Waals surface area contributed by atoms with E-state index in [1.54, 1.807) is 38.4 Å². The first-order valence-corrected chi connectivity index (χ1v) is 6.36. The lowest BCUT2D eigenvalue weighted by Crippen LogP contribution is -2.25. The number of amides is 1. The van der Waals surface area contributed by atoms with E-state index in [9.17, 15) is 9.59 Å². The van der Waals surface area contributed by atoms with Gasteiger partial charge in [-0.3, -0.25) is 9.59 Å². The van der Waals surface area contributed by atoms with Crippen LogP contribution in [-0.4, -0.2) is 49.5 Å². The summed E-state index contributed by atoms with van der Waals surface area (Å²) in [7, 11) is 3.37. The summed E-state index contributed by atoms with van der Waals surface area (Å²) < 4.78 is 0. The molecule has 18 heavy (non-hydrogen) atoms. The van der Waals surface area contributed by atoms with Crippen molar-refractivity contribution in [3.05, 3.63) is 35.4 Å². The van der Waals surface area contributed by atoms with Gasteiger partial charge in [0, 0.05) is 37.5 Å². The van der Waals surface area contributed by atoms with Gasteiger partial charge in [0.1, 0.15) is 0 Å². The molecule has 1 rings (SSSR count). The molecule has 98 valence electrons. The van der Waals surface area contributed by atoms with E-state index in [4.69, 9.17) is 0 Å². The molecule has 1 aromatic carbocycles. The van der Waals surface area contributed by atoms with Crippen molar-refractivity contribution in [2.24, 2.45) is 0 Å². The van der Waals surface area contributed by atoms with Crippen molar-refractivity contribution in [3.8, 4) is 0 Å². The van der Waals surface area contributed by atoms with Crippen LogP contribution in [0, 0.1) is 0 Å². The molecule has 1 amide bonds. The molecule has 0 saturated carbocycles. The SMILES string of the molecule is CN(C)C(=O)c1cccc(C(=O)CNCCS)c1. The Hall–Kier alpha value is -1.33. The van der Waals surface area contributed by atoms with Gasteiger partial charge in [0.25, 0.3) is 5.91 Å². The Morgan fingerprint density at radius 1 is 1.28 bits per heavy atom. The van der Waals surface area contributed by atoms with E-state index in [0.29, 0.717) is 23.4 Å². The summed E-state index contributed by atoms with van der Waals surface area (Å²) in [6.45, 7) is 0.950. The average Bonchev–Trinajstić information content (AvgIpc) is 2.38. The minimum Gasteiger partial charge on any atom is -0.345 e. The van der Waals surface area contributed by atoms with Crippen molar-refractivity contribution in [2.75, 3.05) is 32.9 Å². The molecule has 0 atom stereocenters. The fourth-order valence-corrected chi connectivity index (χ4v) is 1.63. The third-order valence-electron chi connectivity index (χ3n) is 2.41. The second-order valence-corrected chi connectivity index (χ2v) is 4.55. The quantitative estimate of drug-likeness (QED) is 0.460. The van der Waals surface area contributed by atoms with Crippen molar-refractivity contribution in [1.29, 1.82) is 0 Å². The number of thiol groups is 1.